The van der Waals surface area contributed by atoms with Crippen molar-refractivity contribution in [1.82, 2.24) is 10.3 Å². The molecule has 0 fully saturated rings. The van der Waals surface area contributed by atoms with Crippen molar-refractivity contribution < 1.29 is 24.9 Å². The number of hydrogen-bond donors (Lipinski definition) is 4. The summed E-state index contributed by atoms with van der Waals surface area (Å²) in [5.41, 5.74) is 1.57. The highest BCUT2D eigenvalue weighted by Crippen LogP contribution is 2.27. The number of phenols is 1. The molecule has 0 spiro atoms. The minimum Gasteiger partial charge on any atom is -0.506 e. The molecule has 2 rings (SSSR count). The molecule has 1 amide bonds. The molecule has 0 aliphatic heterocycles. The third kappa shape index (κ3) is 3.51. The number of ether oxygens (including phenoxy) is 1. The second-order valence-electron chi connectivity index (χ2n) is 4.92. The number of nitrogens with zero attached hydrogens (tertiary/aromatic N) is 1. The van der Waals surface area contributed by atoms with Gasteiger partial charge in [0.05, 0.1) is 19.4 Å². The first-order valence-electron chi connectivity index (χ1n) is 6.90. The lowest BCUT2D eigenvalue weighted by Crippen LogP contribution is -2.23. The van der Waals surface area contributed by atoms with Gasteiger partial charge < -0.3 is 25.4 Å². The summed E-state index contributed by atoms with van der Waals surface area (Å²) in [5.74, 6) is -0.327. The average molecular weight is 318 g/mol. The zero-order valence-corrected chi connectivity index (χ0v) is 12.8. The third-order valence-corrected chi connectivity index (χ3v) is 3.47. The van der Waals surface area contributed by atoms with Crippen molar-refractivity contribution >= 4 is 5.91 Å². The Labute approximate surface area is 133 Å². The van der Waals surface area contributed by atoms with Crippen LogP contribution in [0, 0.1) is 6.92 Å². The molecule has 0 atom stereocenters. The standard InChI is InChI=1S/C16H18N2O5/c1-9-15(21)12(11(8-19)6-17-9)7-18-16(22)10-3-4-13(20)14(5-10)23-2/h3-6,19-21H,7-8H2,1-2H3,(H,18,22). The van der Waals surface area contributed by atoms with E-state index in [0.29, 0.717) is 22.4 Å². The summed E-state index contributed by atoms with van der Waals surface area (Å²) in [7, 11) is 1.39. The normalized spacial score (nSPS) is 10.4. The minimum atomic E-state index is -0.402. The molecule has 7 nitrogen and oxygen atoms in total. The summed E-state index contributed by atoms with van der Waals surface area (Å²) in [6.07, 6.45) is 1.46. The second kappa shape index (κ2) is 6.97. The van der Waals surface area contributed by atoms with Gasteiger partial charge in [-0.3, -0.25) is 9.78 Å². The molecular formula is C16H18N2O5. The number of carbonyl (C=O) groups is 1. The summed E-state index contributed by atoms with van der Waals surface area (Å²) in [6, 6.07) is 4.23. The van der Waals surface area contributed by atoms with Crippen LogP contribution in [0.1, 0.15) is 27.2 Å². The first-order chi connectivity index (χ1) is 11.0. The molecule has 1 heterocycles. The Morgan fingerprint density at radius 2 is 2.09 bits per heavy atom. The number of phenolic OH excluding ortho intramolecular Hbond substituents is 1. The number of pyridine rings is 1. The molecule has 7 heteroatoms. The maximum Gasteiger partial charge on any atom is 0.251 e. The molecule has 0 bridgehead atoms. The van der Waals surface area contributed by atoms with Gasteiger partial charge >= 0.3 is 0 Å². The fourth-order valence-corrected chi connectivity index (χ4v) is 2.11. The highest BCUT2D eigenvalue weighted by atomic mass is 16.5. The zero-order chi connectivity index (χ0) is 17.0. The zero-order valence-electron chi connectivity index (χ0n) is 12.8. The van der Waals surface area contributed by atoms with Crippen molar-refractivity contribution in [3.63, 3.8) is 0 Å². The van der Waals surface area contributed by atoms with Crippen molar-refractivity contribution in [1.29, 1.82) is 0 Å². The van der Waals surface area contributed by atoms with Crippen molar-refractivity contribution in [3.8, 4) is 17.2 Å². The highest BCUT2D eigenvalue weighted by Gasteiger charge is 2.14. The van der Waals surface area contributed by atoms with E-state index >= 15 is 0 Å². The van der Waals surface area contributed by atoms with Gasteiger partial charge in [0, 0.05) is 29.4 Å². The molecule has 4 N–H and O–H groups in total. The van der Waals surface area contributed by atoms with Gasteiger partial charge in [0.25, 0.3) is 5.91 Å². The van der Waals surface area contributed by atoms with E-state index in [9.17, 15) is 20.1 Å². The SMILES string of the molecule is COc1cc(C(=O)NCc2c(CO)cnc(C)c2O)ccc1O. The summed E-state index contributed by atoms with van der Waals surface area (Å²) < 4.78 is 4.96. The van der Waals surface area contributed by atoms with E-state index in [0.717, 1.165) is 0 Å². The maximum absolute atomic E-state index is 12.2. The summed E-state index contributed by atoms with van der Waals surface area (Å²) >= 11 is 0. The van der Waals surface area contributed by atoms with Crippen LogP contribution in [0.5, 0.6) is 17.2 Å². The van der Waals surface area contributed by atoms with Gasteiger partial charge in [-0.05, 0) is 25.1 Å². The Balaban J connectivity index is 2.18. The summed E-state index contributed by atoms with van der Waals surface area (Å²) in [4.78, 5) is 16.1. The molecule has 23 heavy (non-hydrogen) atoms. The Morgan fingerprint density at radius 1 is 1.35 bits per heavy atom. The van der Waals surface area contributed by atoms with E-state index in [2.05, 4.69) is 10.3 Å². The van der Waals surface area contributed by atoms with Gasteiger partial charge in [-0.15, -0.1) is 0 Å². The Bertz CT molecular complexity index is 731. The summed E-state index contributed by atoms with van der Waals surface area (Å²) in [5, 5.41) is 31.5. The lowest BCUT2D eigenvalue weighted by molar-refractivity contribution is 0.0950. The Morgan fingerprint density at radius 3 is 2.74 bits per heavy atom. The van der Waals surface area contributed by atoms with Crippen LogP contribution in [0.2, 0.25) is 0 Å². The molecule has 1 aromatic carbocycles. The summed E-state index contributed by atoms with van der Waals surface area (Å²) in [6.45, 7) is 1.37. The molecule has 0 saturated heterocycles. The molecule has 2 aromatic rings. The van der Waals surface area contributed by atoms with Gasteiger partial charge in [-0.2, -0.15) is 0 Å². The molecular weight excluding hydrogens is 300 g/mol. The second-order valence-corrected chi connectivity index (χ2v) is 4.92. The number of rotatable bonds is 5. The number of methoxy groups -OCH3 is 1. The van der Waals surface area contributed by atoms with E-state index in [4.69, 9.17) is 4.74 Å². The lowest BCUT2D eigenvalue weighted by Gasteiger charge is -2.13. The van der Waals surface area contributed by atoms with Crippen molar-refractivity contribution in [2.75, 3.05) is 7.11 Å². The van der Waals surface area contributed by atoms with Gasteiger partial charge in [0.2, 0.25) is 0 Å². The molecule has 0 radical (unpaired) electrons. The van der Waals surface area contributed by atoms with Gasteiger partial charge in [-0.25, -0.2) is 0 Å². The van der Waals surface area contributed by atoms with Crippen LogP contribution in [0.15, 0.2) is 24.4 Å². The fraction of sp³-hybridized carbons (Fsp3) is 0.250. The van der Waals surface area contributed by atoms with E-state index in [1.54, 1.807) is 6.92 Å². The first-order valence-corrected chi connectivity index (χ1v) is 6.90. The van der Waals surface area contributed by atoms with E-state index in [1.807, 2.05) is 0 Å². The number of aliphatic hydroxyl groups is 1. The highest BCUT2D eigenvalue weighted by molar-refractivity contribution is 5.94. The number of nitrogens with one attached hydrogen (secondary N) is 1. The van der Waals surface area contributed by atoms with Crippen molar-refractivity contribution in [2.45, 2.75) is 20.1 Å². The van der Waals surface area contributed by atoms with Crippen LogP contribution in [0.3, 0.4) is 0 Å². The quantitative estimate of drug-likeness (QED) is 0.660. The van der Waals surface area contributed by atoms with Gasteiger partial charge in [-0.1, -0.05) is 0 Å². The fourth-order valence-electron chi connectivity index (χ4n) is 2.11. The topological polar surface area (TPSA) is 112 Å². The minimum absolute atomic E-state index is 0.0348. The molecule has 0 unspecified atom stereocenters. The van der Waals surface area contributed by atoms with Gasteiger partial charge in [0.15, 0.2) is 11.5 Å². The van der Waals surface area contributed by atoms with Crippen molar-refractivity contribution in [2.24, 2.45) is 0 Å². The van der Waals surface area contributed by atoms with Crippen LogP contribution >= 0.6 is 0 Å². The molecule has 0 saturated carbocycles. The lowest BCUT2D eigenvalue weighted by atomic mass is 10.1. The monoisotopic (exact) mass is 318 g/mol. The Hall–Kier alpha value is -2.80. The predicted octanol–water partition coefficient (Wildman–Crippen LogP) is 1.23. The molecule has 1 aromatic heterocycles. The van der Waals surface area contributed by atoms with Gasteiger partial charge in [0.1, 0.15) is 5.75 Å². The van der Waals surface area contributed by atoms with E-state index in [1.165, 1.54) is 31.5 Å². The number of benzene rings is 1. The molecule has 0 aliphatic rings. The largest absolute Gasteiger partial charge is 0.506 e. The maximum atomic E-state index is 12.2. The van der Waals surface area contributed by atoms with Crippen LogP contribution < -0.4 is 10.1 Å². The Kier molecular flexibility index (Phi) is 5.02. The van der Waals surface area contributed by atoms with Crippen LogP contribution in [-0.2, 0) is 13.2 Å². The van der Waals surface area contributed by atoms with Crippen LogP contribution in [-0.4, -0.2) is 33.3 Å². The van der Waals surface area contributed by atoms with Crippen molar-refractivity contribution in [3.05, 3.63) is 46.8 Å². The van der Waals surface area contributed by atoms with Crippen LogP contribution in [0.4, 0.5) is 0 Å². The van der Waals surface area contributed by atoms with E-state index < -0.39 is 5.91 Å². The number of amides is 1. The number of aromatic hydroxyl groups is 2. The number of aromatic nitrogens is 1. The molecule has 122 valence electrons. The average Bonchev–Trinajstić information content (AvgIpc) is 2.56. The van der Waals surface area contributed by atoms with E-state index in [-0.39, 0.29) is 30.4 Å². The number of carbonyl (C=O) groups excluding carboxylic acids is 1. The first kappa shape index (κ1) is 16.6. The predicted molar refractivity (Wildman–Crippen MR) is 82.4 cm³/mol. The number of hydrogen-bond acceptors (Lipinski definition) is 6. The number of aliphatic hydroxyl groups excluding tert-OH is 1. The van der Waals surface area contributed by atoms with Crippen LogP contribution in [0.25, 0.3) is 0 Å². The third-order valence-electron chi connectivity index (χ3n) is 3.47. The number of aryl methyl sites for hydroxylation is 1. The smallest absolute Gasteiger partial charge is 0.251 e. The molecule has 0 aliphatic carbocycles.